The molecule has 0 radical (unpaired) electrons. The highest BCUT2D eigenvalue weighted by molar-refractivity contribution is 6.33. The van der Waals surface area contributed by atoms with Gasteiger partial charge < -0.3 is 10.6 Å². The molecule has 0 saturated heterocycles. The Bertz CT molecular complexity index is 2090. The van der Waals surface area contributed by atoms with Gasteiger partial charge in [0.15, 0.2) is 0 Å². The molecule has 0 aliphatic rings. The minimum absolute atomic E-state index is 0.00112. The van der Waals surface area contributed by atoms with Crippen LogP contribution in [-0.4, -0.2) is 51.2 Å². The number of halogens is 7. The Hall–Kier alpha value is -4.63. The second-order valence-corrected chi connectivity index (χ2v) is 12.7. The highest BCUT2D eigenvalue weighted by Crippen LogP contribution is 2.39. The Kier molecular flexibility index (Phi) is 9.95. The number of benzene rings is 2. The summed E-state index contributed by atoms with van der Waals surface area (Å²) in [4.78, 5) is 15.9. The average Bonchev–Trinajstić information content (AvgIpc) is 3.68. The molecule has 2 atom stereocenters. The van der Waals surface area contributed by atoms with E-state index >= 15 is 0 Å². The van der Waals surface area contributed by atoms with Gasteiger partial charge >= 0.3 is 0 Å². The van der Waals surface area contributed by atoms with Crippen LogP contribution in [0.1, 0.15) is 49.8 Å². The number of aryl methyl sites for hydroxylation is 1. The lowest BCUT2D eigenvalue weighted by atomic mass is 10.0. The Morgan fingerprint density at radius 3 is 1.34 bits per heavy atom. The number of nitrogens with zero attached hydrogens (tertiary/aromatic N) is 8. The topological polar surface area (TPSA) is 110 Å². The van der Waals surface area contributed by atoms with E-state index < -0.39 is 46.7 Å². The van der Waals surface area contributed by atoms with Crippen LogP contribution in [0.2, 0.25) is 10.3 Å². The zero-order valence-electron chi connectivity index (χ0n) is 29.8. The zero-order valence-corrected chi connectivity index (χ0v) is 29.4. The van der Waals surface area contributed by atoms with E-state index in [2.05, 4.69) is 40.8 Å². The van der Waals surface area contributed by atoms with E-state index in [0.29, 0.717) is 17.7 Å². The van der Waals surface area contributed by atoms with Crippen LogP contribution in [-0.2, 0) is 0 Å². The van der Waals surface area contributed by atoms with Gasteiger partial charge in [0.05, 0.1) is 25.0 Å². The van der Waals surface area contributed by atoms with E-state index in [4.69, 9.17) is 25.9 Å². The highest BCUT2D eigenvalue weighted by Gasteiger charge is 2.27. The van der Waals surface area contributed by atoms with Crippen molar-refractivity contribution in [2.24, 2.45) is 11.8 Å². The van der Waals surface area contributed by atoms with E-state index in [-0.39, 0.29) is 62.0 Å². The minimum atomic E-state index is -1.23. The van der Waals surface area contributed by atoms with Gasteiger partial charge in [-0.1, -0.05) is 50.9 Å². The van der Waals surface area contributed by atoms with E-state index in [1.165, 1.54) is 33.8 Å². The fourth-order valence-electron chi connectivity index (χ4n) is 4.69. The van der Waals surface area contributed by atoms with Crippen molar-refractivity contribution in [3.63, 3.8) is 0 Å². The van der Waals surface area contributed by atoms with E-state index in [0.717, 1.165) is 0 Å². The molecular formula is C33H33Cl2F5N10. The van der Waals surface area contributed by atoms with Gasteiger partial charge in [-0.25, -0.2) is 22.0 Å². The quantitative estimate of drug-likeness (QED) is 0.118. The smallest absolute Gasteiger partial charge is 0.255 e. The number of hydrogen-bond acceptors (Lipinski definition) is 8. The van der Waals surface area contributed by atoms with Crippen molar-refractivity contribution in [3.8, 4) is 22.3 Å². The molecule has 6 aromatic rings. The molecule has 2 aromatic carbocycles. The van der Waals surface area contributed by atoms with Crippen LogP contribution in [0.5, 0.6) is 0 Å². The van der Waals surface area contributed by atoms with Crippen LogP contribution in [0, 0.1) is 47.8 Å². The summed E-state index contributed by atoms with van der Waals surface area (Å²) in [6, 6.07) is 1.14. The molecule has 264 valence electrons. The molecular weight excluding hydrogens is 702 g/mol. The monoisotopic (exact) mass is 736 g/mol. The number of aromatic nitrogens is 8. The fourth-order valence-corrected chi connectivity index (χ4v) is 5.21. The first-order valence-electron chi connectivity index (χ1n) is 16.2. The summed E-state index contributed by atoms with van der Waals surface area (Å²) in [5.74, 6) is -4.75. The molecule has 4 aromatic heterocycles. The molecule has 0 fully saturated rings. The van der Waals surface area contributed by atoms with Gasteiger partial charge in [0.25, 0.3) is 11.6 Å². The standard InChI is InChI=1S/C17H18ClF2N5.C16H15ClF3N5/c1-8(2)10(4)23-16-14(13-11(19)5-9(3)6-12(13)20)15(18)24-17-21-7-22-25(16)17;1-7(2)8(3)23-15-13(12-10(19)4-9(18)5-11(12)20)14(17)24-16-21-6-22-25(15)16/h5-8,10,23H,1-4H3;4-8,23H,1-3H3/t10-;8-/m01/s1/i10D;8D. The van der Waals surface area contributed by atoms with Crippen LogP contribution < -0.4 is 10.6 Å². The molecule has 2 N–H and O–H groups in total. The van der Waals surface area contributed by atoms with E-state index in [9.17, 15) is 22.0 Å². The van der Waals surface area contributed by atoms with Crippen molar-refractivity contribution < 1.29 is 24.7 Å². The third-order valence-electron chi connectivity index (χ3n) is 7.82. The fraction of sp³-hybridized carbons (Fsp3) is 0.333. The Morgan fingerprint density at radius 1 is 0.620 bits per heavy atom. The molecule has 0 bridgehead atoms. The summed E-state index contributed by atoms with van der Waals surface area (Å²) >= 11 is 12.4. The second kappa shape index (κ2) is 14.7. The van der Waals surface area contributed by atoms with Gasteiger partial charge in [0.2, 0.25) is 0 Å². The Labute approximate surface area is 296 Å². The first kappa shape index (κ1) is 33.8. The summed E-state index contributed by atoms with van der Waals surface area (Å²) in [6.45, 7) is 12.2. The first-order chi connectivity index (χ1) is 24.2. The number of fused-ring (bicyclic) bond motifs is 2. The first-order valence-corrected chi connectivity index (χ1v) is 15.9. The molecule has 10 nitrogen and oxygen atoms in total. The summed E-state index contributed by atoms with van der Waals surface area (Å²) in [7, 11) is 0. The maximum absolute atomic E-state index is 14.6. The van der Waals surface area contributed by atoms with Crippen LogP contribution >= 0.6 is 23.2 Å². The Morgan fingerprint density at radius 2 is 0.980 bits per heavy atom. The van der Waals surface area contributed by atoms with Crippen LogP contribution in [0.4, 0.5) is 33.6 Å². The van der Waals surface area contributed by atoms with Gasteiger partial charge in [0.1, 0.15) is 63.7 Å². The van der Waals surface area contributed by atoms with Gasteiger partial charge in [-0.05, 0) is 50.3 Å². The van der Waals surface area contributed by atoms with Crippen molar-refractivity contribution in [3.05, 3.63) is 81.9 Å². The summed E-state index contributed by atoms with van der Waals surface area (Å²) in [5.41, 5.74) is -0.620. The van der Waals surface area contributed by atoms with Gasteiger partial charge in [-0.15, -0.1) is 0 Å². The van der Waals surface area contributed by atoms with Crippen LogP contribution in [0.3, 0.4) is 0 Å². The molecule has 0 unspecified atom stereocenters. The minimum Gasteiger partial charge on any atom is -0.367 e. The summed E-state index contributed by atoms with van der Waals surface area (Å²) in [5, 5.41) is 13.6. The van der Waals surface area contributed by atoms with Crippen molar-refractivity contribution in [2.75, 3.05) is 10.6 Å². The van der Waals surface area contributed by atoms with Gasteiger partial charge in [-0.3, -0.25) is 0 Å². The predicted molar refractivity (Wildman–Crippen MR) is 183 cm³/mol. The molecule has 17 heteroatoms. The molecule has 50 heavy (non-hydrogen) atoms. The largest absolute Gasteiger partial charge is 0.367 e. The third-order valence-corrected chi connectivity index (χ3v) is 8.37. The lowest BCUT2D eigenvalue weighted by molar-refractivity contribution is 0.546. The predicted octanol–water partition coefficient (Wildman–Crippen LogP) is 8.81. The highest BCUT2D eigenvalue weighted by atomic mass is 35.5. The number of rotatable bonds is 8. The van der Waals surface area contributed by atoms with E-state index in [1.807, 2.05) is 13.8 Å². The molecule has 4 heterocycles. The molecule has 0 aliphatic carbocycles. The maximum atomic E-state index is 14.6. The molecule has 0 aliphatic heterocycles. The van der Waals surface area contributed by atoms with Gasteiger partial charge in [-0.2, -0.15) is 39.2 Å². The molecule has 0 spiro atoms. The zero-order chi connectivity index (χ0) is 38.4. The second-order valence-electron chi connectivity index (χ2n) is 12.0. The van der Waals surface area contributed by atoms with Crippen LogP contribution in [0.25, 0.3) is 33.8 Å². The van der Waals surface area contributed by atoms with Crippen molar-refractivity contribution in [1.82, 2.24) is 39.2 Å². The molecule has 0 amide bonds. The van der Waals surface area contributed by atoms with Gasteiger partial charge in [0, 0.05) is 24.2 Å². The Balaban J connectivity index is 0.000000201. The number of anilines is 2. The third kappa shape index (κ3) is 7.29. The number of hydrogen-bond donors (Lipinski definition) is 2. The normalized spacial score (nSPS) is 14.6. The summed E-state index contributed by atoms with van der Waals surface area (Å²) < 4.78 is 90.7. The molecule has 6 rings (SSSR count). The van der Waals surface area contributed by atoms with Crippen molar-refractivity contribution in [2.45, 2.75) is 60.5 Å². The van der Waals surface area contributed by atoms with Crippen LogP contribution in [0.15, 0.2) is 36.9 Å². The summed E-state index contributed by atoms with van der Waals surface area (Å²) in [6.07, 6.45) is 2.45. The van der Waals surface area contributed by atoms with E-state index in [1.54, 1.807) is 34.6 Å². The van der Waals surface area contributed by atoms with Crippen molar-refractivity contribution in [1.29, 1.82) is 0 Å². The average molecular weight is 738 g/mol. The maximum Gasteiger partial charge on any atom is 0.255 e. The molecule has 0 saturated carbocycles. The van der Waals surface area contributed by atoms with Crippen molar-refractivity contribution >= 4 is 46.4 Å². The number of nitrogens with one attached hydrogen (secondary N) is 2. The lowest BCUT2D eigenvalue weighted by Crippen LogP contribution is -2.24. The SMILES string of the molecule is [2H][C@@](C)(Nc1c(-c2c(F)cc(C)cc2F)c(Cl)nc2ncnn12)C(C)C.[2H][C@](C)(Nc1c(-c2c(F)cc(F)cc2F)c(Cl)nc2ncnn12)C(C)C. The lowest BCUT2D eigenvalue weighted by Gasteiger charge is -2.22.